The largest absolute Gasteiger partial charge is 0.494 e. The second-order valence-electron chi connectivity index (χ2n) is 3.15. The van der Waals surface area contributed by atoms with Crippen molar-refractivity contribution in [2.45, 2.75) is 0 Å². The predicted octanol–water partition coefficient (Wildman–Crippen LogP) is 0.295. The van der Waals surface area contributed by atoms with Crippen LogP contribution in [-0.2, 0) is 0 Å². The Bertz CT molecular complexity index is 530. The molecular formula is C9H8BN3O2. The fraction of sp³-hybridized carbons (Fsp3) is 0.111. The lowest BCUT2D eigenvalue weighted by Crippen LogP contribution is -2.03. The Hall–Kier alpha value is -1.98. The van der Waals surface area contributed by atoms with Gasteiger partial charge in [0.25, 0.3) is 0 Å². The Morgan fingerprint density at radius 1 is 1.40 bits per heavy atom. The lowest BCUT2D eigenvalue weighted by molar-refractivity contribution is 0.419. The number of methoxy groups -OCH3 is 1. The standard InChI is InChI=1S/C9H8BN3O2/c1-15-7-3-5(10)2-6-8(7)11-4-12-9(6)13-14/h2-4H,10H2,1H3. The summed E-state index contributed by atoms with van der Waals surface area (Å²) < 4.78 is 5.17. The summed E-state index contributed by atoms with van der Waals surface area (Å²) in [6.07, 6.45) is 1.30. The van der Waals surface area contributed by atoms with Gasteiger partial charge in [-0.2, -0.15) is 0 Å². The van der Waals surface area contributed by atoms with Gasteiger partial charge in [0, 0.05) is 0 Å². The number of hydrogen-bond donors (Lipinski definition) is 0. The smallest absolute Gasteiger partial charge is 0.207 e. The average molecular weight is 201 g/mol. The van der Waals surface area contributed by atoms with Gasteiger partial charge in [-0.15, -0.1) is 4.91 Å². The summed E-state index contributed by atoms with van der Waals surface area (Å²) in [7, 11) is 3.47. The third-order valence-corrected chi connectivity index (χ3v) is 2.13. The van der Waals surface area contributed by atoms with Crippen LogP contribution in [0.2, 0.25) is 0 Å². The highest BCUT2D eigenvalue weighted by molar-refractivity contribution is 6.33. The Balaban J connectivity index is 2.88. The molecule has 0 amide bonds. The molecular weight excluding hydrogens is 193 g/mol. The molecule has 0 atom stereocenters. The maximum Gasteiger partial charge on any atom is 0.207 e. The van der Waals surface area contributed by atoms with Gasteiger partial charge in [-0.3, -0.25) is 0 Å². The number of hydrogen-bond acceptors (Lipinski definition) is 5. The van der Waals surface area contributed by atoms with E-state index in [4.69, 9.17) is 4.74 Å². The molecule has 5 nitrogen and oxygen atoms in total. The Morgan fingerprint density at radius 3 is 2.87 bits per heavy atom. The first-order chi connectivity index (χ1) is 7.26. The van der Waals surface area contributed by atoms with Crippen molar-refractivity contribution in [2.75, 3.05) is 7.11 Å². The maximum atomic E-state index is 10.6. The minimum atomic E-state index is 0.141. The van der Waals surface area contributed by atoms with Crippen molar-refractivity contribution in [1.82, 2.24) is 9.97 Å². The van der Waals surface area contributed by atoms with E-state index >= 15 is 0 Å². The lowest BCUT2D eigenvalue weighted by Gasteiger charge is -2.06. The van der Waals surface area contributed by atoms with Crippen LogP contribution in [0.1, 0.15) is 0 Å². The summed E-state index contributed by atoms with van der Waals surface area (Å²) in [5, 5.41) is 3.47. The van der Waals surface area contributed by atoms with Crippen LogP contribution in [0.5, 0.6) is 5.75 Å². The number of ether oxygens (including phenoxy) is 1. The van der Waals surface area contributed by atoms with Gasteiger partial charge in [0.2, 0.25) is 5.82 Å². The Morgan fingerprint density at radius 2 is 2.20 bits per heavy atom. The first-order valence-corrected chi connectivity index (χ1v) is 4.39. The summed E-state index contributed by atoms with van der Waals surface area (Å²) >= 11 is 0. The number of benzene rings is 1. The van der Waals surface area contributed by atoms with Crippen molar-refractivity contribution in [3.63, 3.8) is 0 Å². The van der Waals surface area contributed by atoms with Crippen molar-refractivity contribution >= 4 is 30.0 Å². The number of nitroso groups, excluding NO2 is 1. The van der Waals surface area contributed by atoms with Gasteiger partial charge in [0.05, 0.1) is 12.5 Å². The molecule has 74 valence electrons. The molecule has 2 rings (SSSR count). The van der Waals surface area contributed by atoms with Crippen LogP contribution in [0.3, 0.4) is 0 Å². The first kappa shape index (κ1) is 9.58. The Kier molecular flexibility index (Phi) is 2.33. The Labute approximate surface area is 86.9 Å². The van der Waals surface area contributed by atoms with Crippen LogP contribution < -0.4 is 10.2 Å². The van der Waals surface area contributed by atoms with E-state index < -0.39 is 0 Å². The van der Waals surface area contributed by atoms with E-state index in [-0.39, 0.29) is 5.82 Å². The third-order valence-electron chi connectivity index (χ3n) is 2.13. The normalized spacial score (nSPS) is 10.2. The van der Waals surface area contributed by atoms with E-state index in [1.165, 1.54) is 6.33 Å². The zero-order valence-corrected chi connectivity index (χ0v) is 8.39. The summed E-state index contributed by atoms with van der Waals surface area (Å²) in [6.45, 7) is 0. The summed E-state index contributed by atoms with van der Waals surface area (Å²) in [4.78, 5) is 18.4. The predicted molar refractivity (Wildman–Crippen MR) is 59.7 cm³/mol. The molecule has 0 N–H and O–H groups in total. The highest BCUT2D eigenvalue weighted by atomic mass is 16.5. The molecule has 0 aliphatic rings. The fourth-order valence-electron chi connectivity index (χ4n) is 1.49. The molecule has 0 aliphatic heterocycles. The second-order valence-corrected chi connectivity index (χ2v) is 3.15. The van der Waals surface area contributed by atoms with E-state index in [9.17, 15) is 4.91 Å². The molecule has 0 fully saturated rings. The fourth-order valence-corrected chi connectivity index (χ4v) is 1.49. The molecule has 0 unspecified atom stereocenters. The molecule has 2 aromatic rings. The van der Waals surface area contributed by atoms with Gasteiger partial charge in [0.1, 0.15) is 25.4 Å². The number of fused-ring (bicyclic) bond motifs is 1. The van der Waals surface area contributed by atoms with Crippen molar-refractivity contribution in [3.8, 4) is 5.75 Å². The highest BCUT2D eigenvalue weighted by Crippen LogP contribution is 2.27. The van der Waals surface area contributed by atoms with Crippen LogP contribution in [-0.4, -0.2) is 24.9 Å². The first-order valence-electron chi connectivity index (χ1n) is 4.39. The number of aromatic nitrogens is 2. The molecule has 1 heterocycles. The van der Waals surface area contributed by atoms with Gasteiger partial charge in [0.15, 0.2) is 0 Å². The van der Waals surface area contributed by atoms with Crippen LogP contribution >= 0.6 is 0 Å². The van der Waals surface area contributed by atoms with Crippen molar-refractivity contribution in [3.05, 3.63) is 23.4 Å². The van der Waals surface area contributed by atoms with Crippen molar-refractivity contribution in [2.24, 2.45) is 5.18 Å². The van der Waals surface area contributed by atoms with E-state index in [0.29, 0.717) is 16.7 Å². The van der Waals surface area contributed by atoms with Crippen molar-refractivity contribution < 1.29 is 4.74 Å². The summed E-state index contributed by atoms with van der Waals surface area (Å²) in [6, 6.07) is 3.67. The van der Waals surface area contributed by atoms with Gasteiger partial charge in [-0.1, -0.05) is 11.5 Å². The molecule has 0 radical (unpaired) electrons. The zero-order chi connectivity index (χ0) is 10.8. The summed E-state index contributed by atoms with van der Waals surface area (Å²) in [5.74, 6) is 0.763. The minimum Gasteiger partial charge on any atom is -0.494 e. The van der Waals surface area contributed by atoms with E-state index in [2.05, 4.69) is 15.1 Å². The molecule has 0 aliphatic carbocycles. The monoisotopic (exact) mass is 201 g/mol. The number of rotatable bonds is 2. The van der Waals surface area contributed by atoms with Gasteiger partial charge in [-0.05, 0) is 11.2 Å². The van der Waals surface area contributed by atoms with Gasteiger partial charge >= 0.3 is 0 Å². The van der Waals surface area contributed by atoms with Gasteiger partial charge in [-0.25, -0.2) is 9.97 Å². The molecule has 0 bridgehead atoms. The molecule has 6 heteroatoms. The van der Waals surface area contributed by atoms with Crippen LogP contribution in [0, 0.1) is 4.91 Å². The van der Waals surface area contributed by atoms with Crippen LogP contribution in [0.15, 0.2) is 23.6 Å². The molecule has 1 aromatic carbocycles. The van der Waals surface area contributed by atoms with E-state index in [0.717, 1.165) is 5.46 Å². The maximum absolute atomic E-state index is 10.6. The second kappa shape index (κ2) is 3.64. The minimum absolute atomic E-state index is 0.141. The molecule has 0 saturated heterocycles. The highest BCUT2D eigenvalue weighted by Gasteiger charge is 2.09. The van der Waals surface area contributed by atoms with Crippen LogP contribution in [0.4, 0.5) is 5.82 Å². The summed E-state index contributed by atoms with van der Waals surface area (Å²) in [5.41, 5.74) is 1.58. The van der Waals surface area contributed by atoms with Crippen LogP contribution in [0.25, 0.3) is 10.9 Å². The molecule has 15 heavy (non-hydrogen) atoms. The molecule has 0 spiro atoms. The third kappa shape index (κ3) is 1.54. The topological polar surface area (TPSA) is 64.4 Å². The quantitative estimate of drug-likeness (QED) is 0.517. The number of nitrogens with zero attached hydrogens (tertiary/aromatic N) is 3. The zero-order valence-electron chi connectivity index (χ0n) is 8.39. The molecule has 0 saturated carbocycles. The van der Waals surface area contributed by atoms with E-state index in [1.807, 2.05) is 20.0 Å². The van der Waals surface area contributed by atoms with Gasteiger partial charge < -0.3 is 4.74 Å². The average Bonchev–Trinajstić information content (AvgIpc) is 2.27. The van der Waals surface area contributed by atoms with E-state index in [1.54, 1.807) is 7.11 Å². The SMILES string of the molecule is Bc1cc(OC)c2ncnc(N=O)c2c1. The molecule has 1 aromatic heterocycles. The lowest BCUT2D eigenvalue weighted by atomic mass is 9.94. The van der Waals surface area contributed by atoms with Crippen molar-refractivity contribution in [1.29, 1.82) is 0 Å².